The van der Waals surface area contributed by atoms with E-state index in [1.54, 1.807) is 12.3 Å². The summed E-state index contributed by atoms with van der Waals surface area (Å²) in [6.07, 6.45) is 1.59. The van der Waals surface area contributed by atoms with Gasteiger partial charge in [-0.1, -0.05) is 6.08 Å². The summed E-state index contributed by atoms with van der Waals surface area (Å²) in [5, 5.41) is 28.6. The van der Waals surface area contributed by atoms with Gasteiger partial charge in [0.1, 0.15) is 24.9 Å². The van der Waals surface area contributed by atoms with E-state index in [0.29, 0.717) is 24.1 Å². The number of amides is 1. The number of aliphatic carboxylic acids is 1. The molecule has 10 heteroatoms. The Morgan fingerprint density at radius 3 is 2.68 bits per heavy atom. The normalized spacial score (nSPS) is 28.9. The van der Waals surface area contributed by atoms with Gasteiger partial charge in [-0.05, 0) is 6.42 Å². The molecule has 1 amide bonds. The van der Waals surface area contributed by atoms with Gasteiger partial charge in [-0.15, -0.1) is 0 Å². The third kappa shape index (κ3) is 4.66. The highest BCUT2D eigenvalue weighted by Gasteiger charge is 2.45. The van der Waals surface area contributed by atoms with Gasteiger partial charge in [0, 0.05) is 30.1 Å². The minimum atomic E-state index is -1.35. The molecule has 0 aromatic heterocycles. The number of ether oxygens (including phenoxy) is 2. The number of esters is 1. The summed E-state index contributed by atoms with van der Waals surface area (Å²) in [6, 6.07) is 0. The lowest BCUT2D eigenvalue weighted by molar-refractivity contribution is -0.145. The largest absolute Gasteiger partial charge is 0.478 e. The van der Waals surface area contributed by atoms with Gasteiger partial charge < -0.3 is 35.4 Å². The maximum Gasteiger partial charge on any atom is 0.331 e. The zero-order valence-corrected chi connectivity index (χ0v) is 13.0. The average Bonchev–Trinajstić information content (AvgIpc) is 2.86. The average molecular weight is 354 g/mol. The number of nitrogens with zero attached hydrogens (tertiary/aromatic N) is 1. The Bertz CT molecular complexity index is 641. The number of hydrogen-bond donors (Lipinski definition) is 4. The van der Waals surface area contributed by atoms with Crippen LogP contribution in [0.3, 0.4) is 0 Å². The quantitative estimate of drug-likeness (QED) is 0.319. The minimum Gasteiger partial charge on any atom is -0.478 e. The standard InChI is InChI=1S/C15H18N2O8/c16-14(23)8-2-1-5-17(6-8)15-13(22)12(21)9(25-15)7-24-11(20)4-3-10(18)19/h1,3-6,9,12-13,15,21-22H,2,7H2,(H2,16,23)(H,18,19)/b4-3+/t9?,12-,13-,15-/m1/s1. The van der Waals surface area contributed by atoms with Crippen molar-refractivity contribution in [1.82, 2.24) is 4.90 Å². The number of carboxylic acids is 1. The summed E-state index contributed by atoms with van der Waals surface area (Å²) in [4.78, 5) is 34.3. The molecule has 0 radical (unpaired) electrons. The highest BCUT2D eigenvalue weighted by atomic mass is 16.6. The molecule has 25 heavy (non-hydrogen) atoms. The van der Waals surface area contributed by atoms with Gasteiger partial charge >= 0.3 is 11.9 Å². The number of carbonyl (C=O) groups is 3. The van der Waals surface area contributed by atoms with Crippen LogP contribution in [-0.4, -0.2) is 69.2 Å². The van der Waals surface area contributed by atoms with E-state index < -0.39 is 42.4 Å². The summed E-state index contributed by atoms with van der Waals surface area (Å²) in [6.45, 7) is -0.387. The molecule has 0 aromatic rings. The first-order valence-electron chi connectivity index (χ1n) is 7.33. The van der Waals surface area contributed by atoms with Crippen LogP contribution < -0.4 is 5.73 Å². The zero-order chi connectivity index (χ0) is 18.6. The Morgan fingerprint density at radius 2 is 2.04 bits per heavy atom. The number of nitrogens with two attached hydrogens (primary N) is 1. The van der Waals surface area contributed by atoms with Gasteiger partial charge in [-0.3, -0.25) is 4.79 Å². The van der Waals surface area contributed by atoms with Gasteiger partial charge in [0.05, 0.1) is 0 Å². The summed E-state index contributed by atoms with van der Waals surface area (Å²) in [7, 11) is 0. The number of primary amides is 1. The van der Waals surface area contributed by atoms with Crippen LogP contribution in [0.5, 0.6) is 0 Å². The zero-order valence-electron chi connectivity index (χ0n) is 13.0. The Morgan fingerprint density at radius 1 is 1.32 bits per heavy atom. The summed E-state index contributed by atoms with van der Waals surface area (Å²) < 4.78 is 10.3. The number of hydrogen-bond acceptors (Lipinski definition) is 8. The van der Waals surface area contributed by atoms with E-state index in [-0.39, 0.29) is 6.61 Å². The number of carboxylic acid groups (broad SMARTS) is 1. The molecule has 10 nitrogen and oxygen atoms in total. The summed E-state index contributed by atoms with van der Waals surface area (Å²) >= 11 is 0. The molecule has 4 atom stereocenters. The first-order valence-corrected chi connectivity index (χ1v) is 7.33. The lowest BCUT2D eigenvalue weighted by Gasteiger charge is -2.28. The number of rotatable bonds is 6. The SMILES string of the molecule is NC(=O)C1=CN([C@@H]2OC(COC(=O)/C=C/C(=O)O)[C@@H](O)[C@H]2O)C=CC1. The van der Waals surface area contributed by atoms with Gasteiger partial charge in [-0.25, -0.2) is 9.59 Å². The van der Waals surface area contributed by atoms with Gasteiger partial charge in [-0.2, -0.15) is 0 Å². The highest BCUT2D eigenvalue weighted by Crippen LogP contribution is 2.27. The van der Waals surface area contributed by atoms with Crippen LogP contribution in [0.2, 0.25) is 0 Å². The van der Waals surface area contributed by atoms with Crippen molar-refractivity contribution in [3.63, 3.8) is 0 Å². The van der Waals surface area contributed by atoms with Crippen LogP contribution in [0.4, 0.5) is 0 Å². The van der Waals surface area contributed by atoms with Crippen molar-refractivity contribution in [3.8, 4) is 0 Å². The van der Waals surface area contributed by atoms with Crippen molar-refractivity contribution in [2.24, 2.45) is 5.73 Å². The molecule has 2 heterocycles. The molecular formula is C15H18N2O8. The molecule has 2 aliphatic heterocycles. The molecule has 0 spiro atoms. The Balaban J connectivity index is 1.97. The number of carbonyl (C=O) groups excluding carboxylic acids is 2. The van der Waals surface area contributed by atoms with E-state index in [0.717, 1.165) is 0 Å². The molecule has 2 aliphatic rings. The molecule has 0 aliphatic carbocycles. The molecule has 0 aromatic carbocycles. The van der Waals surface area contributed by atoms with Crippen LogP contribution in [0.25, 0.3) is 0 Å². The maximum atomic E-state index is 11.3. The maximum absolute atomic E-state index is 11.3. The molecule has 1 fully saturated rings. The van der Waals surface area contributed by atoms with Crippen LogP contribution in [0.15, 0.2) is 36.2 Å². The monoisotopic (exact) mass is 354 g/mol. The number of aliphatic hydroxyl groups is 2. The predicted octanol–water partition coefficient (Wildman–Crippen LogP) is -1.79. The molecule has 1 unspecified atom stereocenters. The van der Waals surface area contributed by atoms with Crippen molar-refractivity contribution < 1.29 is 39.2 Å². The van der Waals surface area contributed by atoms with E-state index in [4.69, 9.17) is 20.3 Å². The van der Waals surface area contributed by atoms with Gasteiger partial charge in [0.25, 0.3) is 0 Å². The van der Waals surface area contributed by atoms with Crippen molar-refractivity contribution >= 4 is 17.8 Å². The van der Waals surface area contributed by atoms with Crippen LogP contribution in [0.1, 0.15) is 6.42 Å². The molecule has 0 bridgehead atoms. The first kappa shape index (κ1) is 18.6. The lowest BCUT2D eigenvalue weighted by atomic mass is 10.1. The number of allylic oxidation sites excluding steroid dienone is 1. The molecule has 136 valence electrons. The Hall–Kier alpha value is -2.69. The van der Waals surface area contributed by atoms with Crippen molar-refractivity contribution in [1.29, 1.82) is 0 Å². The van der Waals surface area contributed by atoms with Crippen LogP contribution in [0, 0.1) is 0 Å². The molecule has 5 N–H and O–H groups in total. The molecule has 1 saturated heterocycles. The van der Waals surface area contributed by atoms with E-state index in [2.05, 4.69) is 0 Å². The third-order valence-electron chi connectivity index (χ3n) is 3.62. The second-order valence-corrected chi connectivity index (χ2v) is 5.40. The van der Waals surface area contributed by atoms with E-state index >= 15 is 0 Å². The summed E-state index contributed by atoms with van der Waals surface area (Å²) in [5.74, 6) is -2.85. The molecular weight excluding hydrogens is 336 g/mol. The second kappa shape index (κ2) is 7.92. The van der Waals surface area contributed by atoms with E-state index in [1.165, 1.54) is 11.1 Å². The first-order chi connectivity index (χ1) is 11.8. The summed E-state index contributed by atoms with van der Waals surface area (Å²) in [5.41, 5.74) is 5.53. The van der Waals surface area contributed by atoms with Crippen molar-refractivity contribution in [2.45, 2.75) is 31.0 Å². The smallest absolute Gasteiger partial charge is 0.331 e. The third-order valence-corrected chi connectivity index (χ3v) is 3.62. The molecule has 2 rings (SSSR count). The van der Waals surface area contributed by atoms with Gasteiger partial charge in [0.15, 0.2) is 6.23 Å². The van der Waals surface area contributed by atoms with Crippen LogP contribution >= 0.6 is 0 Å². The Kier molecular flexibility index (Phi) is 5.91. The number of aliphatic hydroxyl groups excluding tert-OH is 2. The highest BCUT2D eigenvalue weighted by molar-refractivity contribution is 5.92. The second-order valence-electron chi connectivity index (χ2n) is 5.40. The van der Waals surface area contributed by atoms with Crippen molar-refractivity contribution in [2.75, 3.05) is 6.61 Å². The van der Waals surface area contributed by atoms with E-state index in [9.17, 15) is 24.6 Å². The topological polar surface area (TPSA) is 160 Å². The Labute approximate surface area is 142 Å². The molecule has 0 saturated carbocycles. The fourth-order valence-electron chi connectivity index (χ4n) is 2.36. The van der Waals surface area contributed by atoms with E-state index in [1.807, 2.05) is 0 Å². The van der Waals surface area contributed by atoms with Crippen LogP contribution in [-0.2, 0) is 23.9 Å². The predicted molar refractivity (Wildman–Crippen MR) is 81.3 cm³/mol. The fourth-order valence-corrected chi connectivity index (χ4v) is 2.36. The lowest BCUT2D eigenvalue weighted by Crippen LogP contribution is -2.40. The fraction of sp³-hybridized carbons (Fsp3) is 0.400. The van der Waals surface area contributed by atoms with Gasteiger partial charge in [0.2, 0.25) is 5.91 Å². The van der Waals surface area contributed by atoms with Crippen molar-refractivity contribution in [3.05, 3.63) is 36.2 Å². The minimum absolute atomic E-state index is 0.307.